The molecule has 2 saturated heterocycles. The first-order valence-corrected chi connectivity index (χ1v) is 19.9. The fourth-order valence-electron chi connectivity index (χ4n) is 7.44. The number of carbonyl (C=O) groups is 5. The first-order valence-electron chi connectivity index (χ1n) is 17.5. The summed E-state index contributed by atoms with van der Waals surface area (Å²) in [6.07, 6.45) is 3.97. The minimum Gasteiger partial charge on any atom is -0.346 e. The Labute approximate surface area is 301 Å². The quantitative estimate of drug-likeness (QED) is 0.165. The van der Waals surface area contributed by atoms with Gasteiger partial charge in [-0.25, -0.2) is 13.2 Å². The molecular weight excluding hydrogens is 681 g/mol. The first kappa shape index (κ1) is 39.9. The second kappa shape index (κ2) is 14.6. The van der Waals surface area contributed by atoms with Crippen molar-refractivity contribution in [2.24, 2.45) is 28.1 Å². The minimum atomic E-state index is -3.57. The number of Topliss-reactive ketones (excluding diaryl/α,β-unsaturated/α-hetero) is 1. The molecule has 280 valence electrons. The molecule has 0 aromatic rings. The van der Waals surface area contributed by atoms with Gasteiger partial charge in [0.2, 0.25) is 27.6 Å². The molecule has 1 saturated carbocycles. The number of nitrogens with one attached hydrogen (secondary N) is 4. The van der Waals surface area contributed by atoms with Gasteiger partial charge in [-0.2, -0.15) is 4.31 Å². The predicted molar refractivity (Wildman–Crippen MR) is 194 cm³/mol. The molecular formula is C35H56N6O7S2. The number of amides is 5. The normalized spacial score (nSPS) is 28.1. The maximum atomic E-state index is 14.4. The number of carbonyl (C=O) groups excluding carboxylic acids is 5. The van der Waals surface area contributed by atoms with E-state index in [0.29, 0.717) is 19.5 Å². The van der Waals surface area contributed by atoms with E-state index in [0.717, 1.165) is 0 Å². The summed E-state index contributed by atoms with van der Waals surface area (Å²) in [6, 6.07) is -4.17. The van der Waals surface area contributed by atoms with Crippen molar-refractivity contribution in [1.29, 1.82) is 0 Å². The van der Waals surface area contributed by atoms with Crippen molar-refractivity contribution < 1.29 is 32.4 Å². The van der Waals surface area contributed by atoms with Crippen molar-refractivity contribution >= 4 is 51.3 Å². The number of nitrogens with zero attached hydrogens (tertiary/aromatic N) is 2. The molecule has 3 fully saturated rings. The van der Waals surface area contributed by atoms with E-state index in [1.54, 1.807) is 6.08 Å². The lowest BCUT2D eigenvalue weighted by molar-refractivity contribution is -0.145. The summed E-state index contributed by atoms with van der Waals surface area (Å²) in [7, 11) is -3.57. The van der Waals surface area contributed by atoms with Gasteiger partial charge in [-0.1, -0.05) is 80.9 Å². The zero-order valence-corrected chi connectivity index (χ0v) is 32.5. The van der Waals surface area contributed by atoms with Crippen LogP contribution in [-0.4, -0.2) is 108 Å². The van der Waals surface area contributed by atoms with Crippen molar-refractivity contribution in [2.75, 3.05) is 26.2 Å². The molecule has 1 aliphatic carbocycles. The van der Waals surface area contributed by atoms with E-state index in [9.17, 15) is 32.4 Å². The van der Waals surface area contributed by atoms with Crippen LogP contribution >= 0.6 is 11.8 Å². The van der Waals surface area contributed by atoms with Gasteiger partial charge < -0.3 is 26.2 Å². The molecule has 3 heterocycles. The molecule has 5 unspecified atom stereocenters. The highest BCUT2D eigenvalue weighted by Crippen LogP contribution is 2.65. The van der Waals surface area contributed by atoms with Crippen molar-refractivity contribution in [3.05, 3.63) is 24.1 Å². The van der Waals surface area contributed by atoms with Crippen LogP contribution in [0.25, 0.3) is 0 Å². The van der Waals surface area contributed by atoms with E-state index >= 15 is 0 Å². The van der Waals surface area contributed by atoms with E-state index < -0.39 is 79.8 Å². The number of hydrogen-bond acceptors (Lipinski definition) is 8. The molecule has 15 heteroatoms. The number of rotatable bonds is 13. The predicted octanol–water partition coefficient (Wildman–Crippen LogP) is 2.40. The summed E-state index contributed by atoms with van der Waals surface area (Å²) in [5, 5.41) is 12.3. The number of hydrogen-bond donors (Lipinski definition) is 4. The average molecular weight is 737 g/mol. The van der Waals surface area contributed by atoms with Gasteiger partial charge in [0.25, 0.3) is 5.91 Å². The maximum Gasteiger partial charge on any atom is 0.315 e. The lowest BCUT2D eigenvalue weighted by atomic mass is 9.85. The molecule has 0 bridgehead atoms. The zero-order valence-electron chi connectivity index (χ0n) is 30.9. The molecule has 0 aromatic heterocycles. The smallest absolute Gasteiger partial charge is 0.315 e. The van der Waals surface area contributed by atoms with Gasteiger partial charge in [0.1, 0.15) is 17.3 Å². The van der Waals surface area contributed by atoms with E-state index in [-0.39, 0.29) is 42.0 Å². The van der Waals surface area contributed by atoms with E-state index in [1.165, 1.54) is 27.0 Å². The van der Waals surface area contributed by atoms with Crippen LogP contribution < -0.4 is 21.3 Å². The Morgan fingerprint density at radius 3 is 2.24 bits per heavy atom. The minimum absolute atomic E-state index is 0.0491. The van der Waals surface area contributed by atoms with Gasteiger partial charge in [-0.15, -0.1) is 18.3 Å². The first-order chi connectivity index (χ1) is 23.1. The van der Waals surface area contributed by atoms with Crippen LogP contribution in [0.2, 0.25) is 0 Å². The van der Waals surface area contributed by atoms with Gasteiger partial charge in [0.05, 0.1) is 6.04 Å². The Kier molecular flexibility index (Phi) is 11.6. The van der Waals surface area contributed by atoms with Crippen LogP contribution in [0.1, 0.15) is 75.2 Å². The van der Waals surface area contributed by atoms with Crippen molar-refractivity contribution in [3.63, 3.8) is 0 Å². The summed E-state index contributed by atoms with van der Waals surface area (Å²) in [5.41, 5.74) is -1.50. The summed E-state index contributed by atoms with van der Waals surface area (Å²) in [6.45, 7) is 21.6. The van der Waals surface area contributed by atoms with E-state index in [2.05, 4.69) is 27.8 Å². The maximum absolute atomic E-state index is 14.4. The Morgan fingerprint density at radius 2 is 1.68 bits per heavy atom. The largest absolute Gasteiger partial charge is 0.346 e. The molecule has 13 nitrogen and oxygen atoms in total. The molecule has 4 rings (SSSR count). The molecule has 50 heavy (non-hydrogen) atoms. The molecule has 5 amide bonds. The van der Waals surface area contributed by atoms with Gasteiger partial charge in [-0.05, 0) is 39.9 Å². The van der Waals surface area contributed by atoms with Gasteiger partial charge in [-0.3, -0.25) is 19.2 Å². The SMILES string of the molecule is C=CCNC(=O)C(=O)C(CCC)NC(=O)[C@@H]1[C@@H]2C(CN1C(=O)[C@@H](NC(=O)NC(CN1CC3SC=CC3S1(=O)=O)C(C)(C)C)C(C)(C)C)C2(C)C. The third-order valence-electron chi connectivity index (χ3n) is 10.7. The summed E-state index contributed by atoms with van der Waals surface area (Å²) in [5.74, 6) is -2.62. The van der Waals surface area contributed by atoms with E-state index in [1.807, 2.05) is 67.7 Å². The molecule has 8 atom stereocenters. The molecule has 4 N–H and O–H groups in total. The van der Waals surface area contributed by atoms with Crippen molar-refractivity contribution in [2.45, 2.75) is 110 Å². The standard InChI is InChI=1S/C35H56N6O7S2/c1-11-13-21(27(42)30(44)36-15-12-2)37-29(43)26-25-20(35(25,9)10)17-41(26)31(45)28(34(6,7)8)39-32(46)38-24(33(3,4)5)19-40-18-22-23(14-16-49-22)50(40,47)48/h12,14,16,20-26,28H,2,11,13,15,17-19H2,1,3-10H3,(H,36,44)(H,37,43)(H2,38,39,46)/t20?,21?,22?,23?,24?,25-,26-,28+/m0/s1. The fraction of sp³-hybridized carbons (Fsp3) is 0.743. The third kappa shape index (κ3) is 8.09. The van der Waals surface area contributed by atoms with Crippen LogP contribution in [0.4, 0.5) is 4.79 Å². The van der Waals surface area contributed by atoms with Crippen LogP contribution in [0.5, 0.6) is 0 Å². The highest BCUT2D eigenvalue weighted by molar-refractivity contribution is 8.04. The fourth-order valence-corrected chi connectivity index (χ4v) is 11.0. The Bertz CT molecular complexity index is 1520. The lowest BCUT2D eigenvalue weighted by Crippen LogP contribution is -2.62. The Morgan fingerprint density at radius 1 is 1.02 bits per heavy atom. The van der Waals surface area contributed by atoms with E-state index in [4.69, 9.17) is 0 Å². The van der Waals surface area contributed by atoms with Crippen molar-refractivity contribution in [1.82, 2.24) is 30.5 Å². The van der Waals surface area contributed by atoms with Gasteiger partial charge >= 0.3 is 6.03 Å². The molecule has 3 aliphatic heterocycles. The second-order valence-electron chi connectivity index (χ2n) is 16.8. The number of fused-ring (bicyclic) bond motifs is 2. The lowest BCUT2D eigenvalue weighted by Gasteiger charge is -2.39. The summed E-state index contributed by atoms with van der Waals surface area (Å²) < 4.78 is 28.0. The zero-order chi connectivity index (χ0) is 37.6. The summed E-state index contributed by atoms with van der Waals surface area (Å²) >= 11 is 1.50. The van der Waals surface area contributed by atoms with Crippen LogP contribution in [-0.2, 0) is 29.2 Å². The highest BCUT2D eigenvalue weighted by Gasteiger charge is 2.70. The Balaban J connectivity index is 1.51. The Hall–Kier alpha value is -2.91. The number of ketones is 1. The van der Waals surface area contributed by atoms with Gasteiger partial charge in [0.15, 0.2) is 0 Å². The summed E-state index contributed by atoms with van der Waals surface area (Å²) in [4.78, 5) is 69.1. The number of thioether (sulfide) groups is 1. The third-order valence-corrected chi connectivity index (χ3v) is 14.2. The second-order valence-corrected chi connectivity index (χ2v) is 20.0. The van der Waals surface area contributed by atoms with Crippen molar-refractivity contribution in [3.8, 4) is 0 Å². The monoisotopic (exact) mass is 736 g/mol. The topological polar surface area (TPSA) is 174 Å². The van der Waals surface area contributed by atoms with Crippen LogP contribution in [0.3, 0.4) is 0 Å². The number of sulfonamides is 1. The highest BCUT2D eigenvalue weighted by atomic mass is 32.2. The van der Waals surface area contributed by atoms with Gasteiger partial charge in [0, 0.05) is 37.5 Å². The molecule has 0 radical (unpaired) electrons. The molecule has 0 aromatic carbocycles. The molecule has 4 aliphatic rings. The van der Waals surface area contributed by atoms with Crippen LogP contribution in [0, 0.1) is 28.1 Å². The number of urea groups is 1. The number of piperidine rings is 1. The number of likely N-dealkylation sites (tertiary alicyclic amines) is 1. The molecule has 0 spiro atoms. The van der Waals surface area contributed by atoms with Crippen LogP contribution in [0.15, 0.2) is 24.1 Å². The average Bonchev–Trinajstić information content (AvgIpc) is 3.46.